The van der Waals surface area contributed by atoms with Crippen LogP contribution in [-0.4, -0.2) is 22.9 Å². The quantitative estimate of drug-likeness (QED) is 0.649. The first kappa shape index (κ1) is 19.0. The summed E-state index contributed by atoms with van der Waals surface area (Å²) >= 11 is 0. The Kier molecular flexibility index (Phi) is 3.79. The van der Waals surface area contributed by atoms with E-state index in [2.05, 4.69) is 0 Å². The summed E-state index contributed by atoms with van der Waals surface area (Å²) in [5.41, 5.74) is 2.94. The lowest BCUT2D eigenvalue weighted by Gasteiger charge is -2.51. The van der Waals surface area contributed by atoms with Crippen LogP contribution < -0.4 is 4.90 Å². The summed E-state index contributed by atoms with van der Waals surface area (Å²) in [6.07, 6.45) is 0.849. The molecule has 0 aromatic heterocycles. The molecule has 1 saturated heterocycles. The van der Waals surface area contributed by atoms with Crippen molar-refractivity contribution in [3.05, 3.63) is 101 Å². The summed E-state index contributed by atoms with van der Waals surface area (Å²) in [7, 11) is 0. The Balaban J connectivity index is 1.63. The van der Waals surface area contributed by atoms with Crippen molar-refractivity contribution in [2.75, 3.05) is 4.90 Å². The maximum absolute atomic E-state index is 13.9. The number of imide groups is 1. The molecule has 0 spiro atoms. The molecule has 2 amide bonds. The van der Waals surface area contributed by atoms with Gasteiger partial charge >= 0.3 is 5.97 Å². The van der Waals surface area contributed by atoms with E-state index in [1.807, 2.05) is 55.5 Å². The van der Waals surface area contributed by atoms with Crippen LogP contribution in [0.3, 0.4) is 0 Å². The van der Waals surface area contributed by atoms with Crippen molar-refractivity contribution in [2.24, 2.45) is 11.8 Å². The number of aryl methyl sites for hydroxylation is 1. The molecule has 1 fully saturated rings. The number of nitrogens with zero attached hydrogens (tertiary/aromatic N) is 1. The summed E-state index contributed by atoms with van der Waals surface area (Å²) < 4.78 is 0. The van der Waals surface area contributed by atoms with Crippen molar-refractivity contribution in [3.8, 4) is 0 Å². The van der Waals surface area contributed by atoms with Crippen LogP contribution in [-0.2, 0) is 26.2 Å². The number of carbonyl (C=O) groups is 3. The molecule has 3 aromatic rings. The number of rotatable bonds is 3. The standard InChI is InChI=1S/C27H21NO4/c1-2-15-11-13-16(14-12-15)28-24(29)22-21-17-7-3-5-9-19(17)27(26(31)32,23(22)25(28)30)20-10-6-4-8-18(20)21/h3-14,21-23H,2H2,1H3,(H,31,32)/t21?,22-,23+,27?/m0/s1. The predicted molar refractivity (Wildman–Crippen MR) is 118 cm³/mol. The number of anilines is 1. The number of carboxylic acid groups (broad SMARTS) is 1. The Morgan fingerprint density at radius 3 is 1.97 bits per heavy atom. The lowest BCUT2D eigenvalue weighted by atomic mass is 9.47. The van der Waals surface area contributed by atoms with Gasteiger partial charge in [0.2, 0.25) is 11.8 Å². The molecular formula is C27H21NO4. The van der Waals surface area contributed by atoms with Crippen molar-refractivity contribution in [1.82, 2.24) is 0 Å². The maximum atomic E-state index is 13.9. The second-order valence-corrected chi connectivity index (χ2v) is 8.80. The van der Waals surface area contributed by atoms with Gasteiger partial charge in [-0.1, -0.05) is 67.6 Å². The fourth-order valence-electron chi connectivity index (χ4n) is 6.27. The Hall–Kier alpha value is -3.73. The lowest BCUT2D eigenvalue weighted by molar-refractivity contribution is -0.149. The first-order chi connectivity index (χ1) is 15.5. The van der Waals surface area contributed by atoms with Crippen LogP contribution in [0.2, 0.25) is 0 Å². The van der Waals surface area contributed by atoms with Gasteiger partial charge < -0.3 is 5.11 Å². The molecule has 32 heavy (non-hydrogen) atoms. The molecule has 1 aliphatic heterocycles. The molecule has 1 heterocycles. The normalized spacial score (nSPS) is 27.2. The van der Waals surface area contributed by atoms with Gasteiger partial charge in [0, 0.05) is 5.92 Å². The van der Waals surface area contributed by atoms with Crippen molar-refractivity contribution >= 4 is 23.5 Å². The average Bonchev–Trinajstić information content (AvgIpc) is 3.09. The van der Waals surface area contributed by atoms with Gasteiger partial charge in [0.25, 0.3) is 0 Å². The summed E-state index contributed by atoms with van der Waals surface area (Å²) in [6, 6.07) is 22.1. The zero-order valence-corrected chi connectivity index (χ0v) is 17.5. The molecule has 1 N–H and O–H groups in total. The van der Waals surface area contributed by atoms with E-state index in [4.69, 9.17) is 0 Å². The fraction of sp³-hybridized carbons (Fsp3) is 0.222. The minimum atomic E-state index is -1.59. The summed E-state index contributed by atoms with van der Waals surface area (Å²) in [6.45, 7) is 2.04. The molecule has 0 unspecified atom stereocenters. The molecule has 4 aliphatic rings. The number of carbonyl (C=O) groups excluding carboxylic acids is 2. The highest BCUT2D eigenvalue weighted by Crippen LogP contribution is 2.64. The van der Waals surface area contributed by atoms with E-state index >= 15 is 0 Å². The molecule has 2 atom stereocenters. The third-order valence-electron chi connectivity index (χ3n) is 7.56. The van der Waals surface area contributed by atoms with Crippen LogP contribution >= 0.6 is 0 Å². The van der Waals surface area contributed by atoms with Gasteiger partial charge in [-0.3, -0.25) is 14.4 Å². The van der Waals surface area contributed by atoms with Crippen LogP contribution in [0.25, 0.3) is 0 Å². The molecule has 3 aromatic carbocycles. The highest BCUT2D eigenvalue weighted by atomic mass is 16.4. The average molecular weight is 423 g/mol. The van der Waals surface area contributed by atoms with Gasteiger partial charge in [-0.2, -0.15) is 0 Å². The Bertz CT molecular complexity index is 1260. The largest absolute Gasteiger partial charge is 0.480 e. The Morgan fingerprint density at radius 1 is 0.875 bits per heavy atom. The van der Waals surface area contributed by atoms with Gasteiger partial charge in [-0.15, -0.1) is 0 Å². The summed E-state index contributed by atoms with van der Waals surface area (Å²) in [4.78, 5) is 42.0. The third-order valence-corrected chi connectivity index (χ3v) is 7.56. The first-order valence-electron chi connectivity index (χ1n) is 10.9. The van der Waals surface area contributed by atoms with Gasteiger partial charge in [0.1, 0.15) is 5.41 Å². The van der Waals surface area contributed by atoms with Crippen LogP contribution in [0.15, 0.2) is 72.8 Å². The predicted octanol–water partition coefficient (Wildman–Crippen LogP) is 3.88. The van der Waals surface area contributed by atoms with Gasteiger partial charge in [-0.25, -0.2) is 4.90 Å². The van der Waals surface area contributed by atoms with Crippen LogP contribution in [0.1, 0.15) is 40.7 Å². The number of aliphatic carboxylic acids is 1. The number of hydrogen-bond donors (Lipinski definition) is 1. The molecule has 5 heteroatoms. The molecule has 158 valence electrons. The Morgan fingerprint density at radius 2 is 1.44 bits per heavy atom. The van der Waals surface area contributed by atoms with E-state index in [0.717, 1.165) is 23.1 Å². The second-order valence-electron chi connectivity index (χ2n) is 8.80. The molecule has 5 nitrogen and oxygen atoms in total. The third kappa shape index (κ3) is 2.06. The van der Waals surface area contributed by atoms with E-state index in [0.29, 0.717) is 16.8 Å². The number of hydrogen-bond acceptors (Lipinski definition) is 3. The van der Waals surface area contributed by atoms with E-state index in [-0.39, 0.29) is 11.8 Å². The molecular weight excluding hydrogens is 402 g/mol. The molecule has 2 bridgehead atoms. The number of amides is 2. The summed E-state index contributed by atoms with van der Waals surface area (Å²) in [5.74, 6) is -3.90. The molecule has 0 radical (unpaired) electrons. The monoisotopic (exact) mass is 423 g/mol. The van der Waals surface area contributed by atoms with E-state index in [9.17, 15) is 19.5 Å². The van der Waals surface area contributed by atoms with Crippen molar-refractivity contribution < 1.29 is 19.5 Å². The first-order valence-corrected chi connectivity index (χ1v) is 10.9. The lowest BCUT2D eigenvalue weighted by Crippen LogP contribution is -2.57. The zero-order valence-electron chi connectivity index (χ0n) is 17.5. The SMILES string of the molecule is CCc1ccc(N2C(=O)[C@H]3C4c5ccccc5C(C(=O)O)(c5ccccc54)[C@H]3C2=O)cc1. The van der Waals surface area contributed by atoms with Crippen molar-refractivity contribution in [2.45, 2.75) is 24.7 Å². The molecule has 3 aliphatic carbocycles. The van der Waals surface area contributed by atoms with Gasteiger partial charge in [0.15, 0.2) is 0 Å². The maximum Gasteiger partial charge on any atom is 0.319 e. The number of benzene rings is 3. The topological polar surface area (TPSA) is 74.7 Å². The van der Waals surface area contributed by atoms with Crippen LogP contribution in [0.5, 0.6) is 0 Å². The fourth-order valence-corrected chi connectivity index (χ4v) is 6.27. The smallest absolute Gasteiger partial charge is 0.319 e. The van der Waals surface area contributed by atoms with E-state index in [1.165, 1.54) is 4.90 Å². The minimum Gasteiger partial charge on any atom is -0.480 e. The van der Waals surface area contributed by atoms with Crippen molar-refractivity contribution in [1.29, 1.82) is 0 Å². The Labute approximate surface area is 185 Å². The summed E-state index contributed by atoms with van der Waals surface area (Å²) in [5, 5.41) is 10.7. The van der Waals surface area contributed by atoms with E-state index in [1.54, 1.807) is 24.3 Å². The molecule has 0 saturated carbocycles. The van der Waals surface area contributed by atoms with Crippen molar-refractivity contribution in [3.63, 3.8) is 0 Å². The van der Waals surface area contributed by atoms with Crippen LogP contribution in [0, 0.1) is 11.8 Å². The number of carboxylic acids is 1. The van der Waals surface area contributed by atoms with Gasteiger partial charge in [0.05, 0.1) is 17.5 Å². The highest BCUT2D eigenvalue weighted by molar-refractivity contribution is 6.25. The highest BCUT2D eigenvalue weighted by Gasteiger charge is 2.71. The molecule has 7 rings (SSSR count). The van der Waals surface area contributed by atoms with E-state index < -0.39 is 29.1 Å². The zero-order chi connectivity index (χ0) is 22.2. The minimum absolute atomic E-state index is 0.316. The van der Waals surface area contributed by atoms with Crippen LogP contribution in [0.4, 0.5) is 5.69 Å². The van der Waals surface area contributed by atoms with Gasteiger partial charge in [-0.05, 0) is 46.4 Å². The second kappa shape index (κ2) is 6.39.